The number of aryl methyl sites for hydroxylation is 1. The van der Waals surface area contributed by atoms with Crippen LogP contribution in [0, 0.1) is 17.2 Å². The van der Waals surface area contributed by atoms with Crippen LogP contribution in [0.1, 0.15) is 24.5 Å². The molecule has 1 aliphatic rings. The van der Waals surface area contributed by atoms with E-state index in [0.29, 0.717) is 11.3 Å². The van der Waals surface area contributed by atoms with E-state index < -0.39 is 24.4 Å². The Bertz CT molecular complexity index is 980. The van der Waals surface area contributed by atoms with Gasteiger partial charge < -0.3 is 15.0 Å². The van der Waals surface area contributed by atoms with Gasteiger partial charge in [-0.15, -0.1) is 0 Å². The SMILES string of the molecule is CCc1ccccc1N1C[C@H](C(=O)OCC(=O)Nc2cccc(C#N)c2)CC1=O. The molecular weight excluding hydrogens is 370 g/mol. The van der Waals surface area contributed by atoms with Crippen LogP contribution in [0.5, 0.6) is 0 Å². The highest BCUT2D eigenvalue weighted by Crippen LogP contribution is 2.29. The van der Waals surface area contributed by atoms with Gasteiger partial charge in [0.05, 0.1) is 17.6 Å². The predicted octanol–water partition coefficient (Wildman–Crippen LogP) is 2.66. The van der Waals surface area contributed by atoms with Crippen molar-refractivity contribution in [3.05, 3.63) is 59.7 Å². The molecule has 1 fully saturated rings. The second-order valence-corrected chi connectivity index (χ2v) is 6.74. The standard InChI is InChI=1S/C22H21N3O4/c1-2-16-7-3-4-9-19(16)25-13-17(11-21(25)27)22(28)29-14-20(26)24-18-8-5-6-15(10-18)12-23/h3-10,17H,2,11,13-14H2,1H3,(H,24,26)/t17-/m1/s1. The summed E-state index contributed by atoms with van der Waals surface area (Å²) in [5.41, 5.74) is 2.71. The first-order valence-electron chi connectivity index (χ1n) is 9.36. The summed E-state index contributed by atoms with van der Waals surface area (Å²) in [4.78, 5) is 38.4. The van der Waals surface area contributed by atoms with Crippen molar-refractivity contribution in [2.75, 3.05) is 23.4 Å². The van der Waals surface area contributed by atoms with Crippen LogP contribution in [0.2, 0.25) is 0 Å². The van der Waals surface area contributed by atoms with E-state index >= 15 is 0 Å². The first-order chi connectivity index (χ1) is 14.0. The molecule has 1 saturated heterocycles. The average molecular weight is 391 g/mol. The molecule has 0 aliphatic carbocycles. The molecule has 1 aliphatic heterocycles. The minimum atomic E-state index is -0.609. The van der Waals surface area contributed by atoms with E-state index in [1.807, 2.05) is 37.3 Å². The van der Waals surface area contributed by atoms with E-state index in [1.54, 1.807) is 23.1 Å². The Morgan fingerprint density at radius 2 is 2.03 bits per heavy atom. The zero-order valence-electron chi connectivity index (χ0n) is 16.1. The Labute approximate surface area is 168 Å². The summed E-state index contributed by atoms with van der Waals surface area (Å²) >= 11 is 0. The van der Waals surface area contributed by atoms with Gasteiger partial charge in [0.1, 0.15) is 0 Å². The van der Waals surface area contributed by atoms with E-state index in [9.17, 15) is 14.4 Å². The minimum Gasteiger partial charge on any atom is -0.455 e. The molecule has 0 unspecified atom stereocenters. The Kier molecular flexibility index (Phi) is 6.25. The number of carbonyl (C=O) groups excluding carboxylic acids is 3. The van der Waals surface area contributed by atoms with Crippen LogP contribution in [0.25, 0.3) is 0 Å². The molecule has 2 aromatic rings. The van der Waals surface area contributed by atoms with Crippen molar-refractivity contribution in [1.29, 1.82) is 5.26 Å². The highest BCUT2D eigenvalue weighted by Gasteiger charge is 2.36. The quantitative estimate of drug-likeness (QED) is 0.763. The van der Waals surface area contributed by atoms with Gasteiger partial charge in [0.25, 0.3) is 5.91 Å². The number of anilines is 2. The van der Waals surface area contributed by atoms with Gasteiger partial charge in [0.2, 0.25) is 5.91 Å². The summed E-state index contributed by atoms with van der Waals surface area (Å²) in [5.74, 6) is -1.82. The van der Waals surface area contributed by atoms with Gasteiger partial charge in [-0.25, -0.2) is 0 Å². The molecular formula is C22H21N3O4. The van der Waals surface area contributed by atoms with Crippen molar-refractivity contribution in [1.82, 2.24) is 0 Å². The Morgan fingerprint density at radius 1 is 1.24 bits per heavy atom. The number of esters is 1. The molecule has 148 valence electrons. The lowest BCUT2D eigenvalue weighted by Gasteiger charge is -2.19. The maximum atomic E-state index is 12.4. The maximum Gasteiger partial charge on any atom is 0.311 e. The van der Waals surface area contributed by atoms with Gasteiger partial charge in [0.15, 0.2) is 6.61 Å². The summed E-state index contributed by atoms with van der Waals surface area (Å²) in [6.45, 7) is 1.79. The van der Waals surface area contributed by atoms with Gasteiger partial charge >= 0.3 is 5.97 Å². The van der Waals surface area contributed by atoms with Crippen LogP contribution in [0.4, 0.5) is 11.4 Å². The second-order valence-electron chi connectivity index (χ2n) is 6.74. The Hall–Kier alpha value is -3.66. The minimum absolute atomic E-state index is 0.0582. The fraction of sp³-hybridized carbons (Fsp3) is 0.273. The molecule has 0 aromatic heterocycles. The highest BCUT2D eigenvalue weighted by atomic mass is 16.5. The third-order valence-corrected chi connectivity index (χ3v) is 4.74. The second kappa shape index (κ2) is 9.02. The van der Waals surface area contributed by atoms with Crippen molar-refractivity contribution in [3.63, 3.8) is 0 Å². The number of amides is 2. The molecule has 0 saturated carbocycles. The van der Waals surface area contributed by atoms with E-state index in [1.165, 1.54) is 6.07 Å². The summed E-state index contributed by atoms with van der Waals surface area (Å²) < 4.78 is 5.11. The third-order valence-electron chi connectivity index (χ3n) is 4.74. The first kappa shape index (κ1) is 20.1. The maximum absolute atomic E-state index is 12.4. The number of para-hydroxylation sites is 1. The molecule has 2 aromatic carbocycles. The highest BCUT2D eigenvalue weighted by molar-refractivity contribution is 6.00. The topological polar surface area (TPSA) is 99.5 Å². The fourth-order valence-electron chi connectivity index (χ4n) is 3.29. The zero-order chi connectivity index (χ0) is 20.8. The number of rotatable bonds is 6. The number of benzene rings is 2. The lowest BCUT2D eigenvalue weighted by Crippen LogP contribution is -2.28. The number of carbonyl (C=O) groups is 3. The van der Waals surface area contributed by atoms with E-state index in [-0.39, 0.29) is 18.9 Å². The van der Waals surface area contributed by atoms with Crippen molar-refractivity contribution in [2.24, 2.45) is 5.92 Å². The Morgan fingerprint density at radius 3 is 2.79 bits per heavy atom. The average Bonchev–Trinajstić information content (AvgIpc) is 3.13. The van der Waals surface area contributed by atoms with Gasteiger partial charge in [0, 0.05) is 24.3 Å². The van der Waals surface area contributed by atoms with Crippen LogP contribution < -0.4 is 10.2 Å². The van der Waals surface area contributed by atoms with Crippen LogP contribution >= 0.6 is 0 Å². The largest absolute Gasteiger partial charge is 0.455 e. The molecule has 0 radical (unpaired) electrons. The number of nitriles is 1. The molecule has 7 nitrogen and oxygen atoms in total. The van der Waals surface area contributed by atoms with E-state index in [0.717, 1.165) is 17.7 Å². The van der Waals surface area contributed by atoms with Crippen molar-refractivity contribution >= 4 is 29.2 Å². The van der Waals surface area contributed by atoms with Gasteiger partial charge in [-0.3, -0.25) is 14.4 Å². The summed E-state index contributed by atoms with van der Waals surface area (Å²) in [7, 11) is 0. The molecule has 0 spiro atoms. The zero-order valence-corrected chi connectivity index (χ0v) is 16.1. The van der Waals surface area contributed by atoms with Crippen LogP contribution in [-0.4, -0.2) is 30.9 Å². The smallest absolute Gasteiger partial charge is 0.311 e. The van der Waals surface area contributed by atoms with Crippen LogP contribution in [0.15, 0.2) is 48.5 Å². The summed E-state index contributed by atoms with van der Waals surface area (Å²) in [6, 6.07) is 16.0. The number of nitrogens with one attached hydrogen (secondary N) is 1. The van der Waals surface area contributed by atoms with Crippen molar-refractivity contribution in [2.45, 2.75) is 19.8 Å². The molecule has 1 atom stereocenters. The predicted molar refractivity (Wildman–Crippen MR) is 107 cm³/mol. The number of hydrogen-bond donors (Lipinski definition) is 1. The molecule has 7 heteroatoms. The molecule has 2 amide bonds. The van der Waals surface area contributed by atoms with E-state index in [4.69, 9.17) is 10.00 Å². The van der Waals surface area contributed by atoms with Crippen molar-refractivity contribution in [3.8, 4) is 6.07 Å². The molecule has 1 N–H and O–H groups in total. The Balaban J connectivity index is 1.55. The molecule has 0 bridgehead atoms. The van der Waals surface area contributed by atoms with Gasteiger partial charge in [-0.2, -0.15) is 5.26 Å². The lowest BCUT2D eigenvalue weighted by molar-refractivity contribution is -0.151. The molecule has 1 heterocycles. The van der Waals surface area contributed by atoms with Crippen LogP contribution in [-0.2, 0) is 25.5 Å². The first-order valence-corrected chi connectivity index (χ1v) is 9.36. The van der Waals surface area contributed by atoms with Crippen LogP contribution in [0.3, 0.4) is 0 Å². The monoisotopic (exact) mass is 391 g/mol. The van der Waals surface area contributed by atoms with Gasteiger partial charge in [-0.05, 0) is 36.2 Å². The third kappa shape index (κ3) is 4.79. The number of hydrogen-bond acceptors (Lipinski definition) is 5. The lowest BCUT2D eigenvalue weighted by atomic mass is 10.1. The van der Waals surface area contributed by atoms with Crippen molar-refractivity contribution < 1.29 is 19.1 Å². The number of ether oxygens (including phenoxy) is 1. The summed E-state index contributed by atoms with van der Waals surface area (Å²) in [6.07, 6.45) is 0.838. The number of nitrogens with zero attached hydrogens (tertiary/aromatic N) is 2. The summed E-state index contributed by atoms with van der Waals surface area (Å²) in [5, 5.41) is 11.5. The molecule has 3 rings (SSSR count). The molecule has 29 heavy (non-hydrogen) atoms. The van der Waals surface area contributed by atoms with Gasteiger partial charge in [-0.1, -0.05) is 31.2 Å². The fourth-order valence-corrected chi connectivity index (χ4v) is 3.29. The normalized spacial score (nSPS) is 15.7. The van der Waals surface area contributed by atoms with E-state index in [2.05, 4.69) is 5.32 Å².